The number of thiophene rings is 1. The van der Waals surface area contributed by atoms with Gasteiger partial charge in [-0.25, -0.2) is 4.79 Å². The summed E-state index contributed by atoms with van der Waals surface area (Å²) in [5.74, 6) is -0.293. The number of benzene rings is 1. The standard InChI is InChI=1S/C21H29N3O2S/c1-16-10-11-18(27-16)14-24(13-12-17-8-6-5-7-9-17)15-19(25)22-20(26)23-21(2,3)4/h5-11H,12-15H2,1-4H3,(H2,22,23,25,26). The van der Waals surface area contributed by atoms with Crippen molar-refractivity contribution < 1.29 is 9.59 Å². The van der Waals surface area contributed by atoms with Gasteiger partial charge in [0.15, 0.2) is 0 Å². The van der Waals surface area contributed by atoms with E-state index in [2.05, 4.69) is 46.7 Å². The summed E-state index contributed by atoms with van der Waals surface area (Å²) in [6, 6.07) is 13.9. The first-order valence-corrected chi connectivity index (χ1v) is 9.96. The average Bonchev–Trinajstić information content (AvgIpc) is 2.96. The summed E-state index contributed by atoms with van der Waals surface area (Å²) in [4.78, 5) is 28.8. The molecule has 0 fully saturated rings. The number of amides is 3. The lowest BCUT2D eigenvalue weighted by Gasteiger charge is -2.23. The smallest absolute Gasteiger partial charge is 0.321 e. The predicted molar refractivity (Wildman–Crippen MR) is 111 cm³/mol. The summed E-state index contributed by atoms with van der Waals surface area (Å²) < 4.78 is 0. The fraction of sp³-hybridized carbons (Fsp3) is 0.429. The van der Waals surface area contributed by atoms with Gasteiger partial charge in [0.25, 0.3) is 0 Å². The lowest BCUT2D eigenvalue weighted by molar-refractivity contribution is -0.121. The van der Waals surface area contributed by atoms with Crippen molar-refractivity contribution in [3.63, 3.8) is 0 Å². The van der Waals surface area contributed by atoms with Gasteiger partial charge in [-0.15, -0.1) is 11.3 Å². The second kappa shape index (κ2) is 9.67. The third-order valence-corrected chi connectivity index (χ3v) is 4.83. The summed E-state index contributed by atoms with van der Waals surface area (Å²) in [5.41, 5.74) is 0.849. The van der Waals surface area contributed by atoms with Crippen LogP contribution < -0.4 is 10.6 Å². The third kappa shape index (κ3) is 8.37. The van der Waals surface area contributed by atoms with Gasteiger partial charge >= 0.3 is 6.03 Å². The van der Waals surface area contributed by atoms with Gasteiger partial charge in [0.1, 0.15) is 0 Å². The fourth-order valence-electron chi connectivity index (χ4n) is 2.68. The molecule has 2 N–H and O–H groups in total. The molecule has 1 aromatic carbocycles. The molecule has 0 radical (unpaired) electrons. The Bertz CT molecular complexity index is 750. The molecule has 146 valence electrons. The number of carbonyl (C=O) groups excluding carboxylic acids is 2. The van der Waals surface area contributed by atoms with E-state index in [0.717, 1.165) is 13.0 Å². The molecule has 0 aliphatic heterocycles. The van der Waals surface area contributed by atoms with Crippen molar-refractivity contribution in [1.29, 1.82) is 0 Å². The SMILES string of the molecule is Cc1ccc(CN(CCc2ccccc2)CC(=O)NC(=O)NC(C)(C)C)s1. The number of rotatable bonds is 7. The average molecular weight is 388 g/mol. The minimum Gasteiger partial charge on any atom is -0.333 e. The van der Waals surface area contributed by atoms with E-state index >= 15 is 0 Å². The molecule has 5 nitrogen and oxygen atoms in total. The summed E-state index contributed by atoms with van der Waals surface area (Å²) in [7, 11) is 0. The Balaban J connectivity index is 1.95. The molecule has 0 unspecified atom stereocenters. The number of urea groups is 1. The van der Waals surface area contributed by atoms with E-state index in [1.54, 1.807) is 11.3 Å². The van der Waals surface area contributed by atoms with Gasteiger partial charge in [-0.05, 0) is 51.8 Å². The maximum atomic E-state index is 12.3. The van der Waals surface area contributed by atoms with Crippen molar-refractivity contribution in [2.75, 3.05) is 13.1 Å². The highest BCUT2D eigenvalue weighted by atomic mass is 32.1. The van der Waals surface area contributed by atoms with Gasteiger partial charge in [-0.3, -0.25) is 15.0 Å². The molecule has 2 rings (SSSR count). The van der Waals surface area contributed by atoms with Crippen LogP contribution in [0.2, 0.25) is 0 Å². The minimum absolute atomic E-state index is 0.182. The van der Waals surface area contributed by atoms with Crippen LogP contribution in [0, 0.1) is 6.92 Å². The van der Waals surface area contributed by atoms with Gasteiger partial charge in [0.2, 0.25) is 5.91 Å². The van der Waals surface area contributed by atoms with E-state index in [-0.39, 0.29) is 18.0 Å². The van der Waals surface area contributed by atoms with Crippen molar-refractivity contribution in [3.8, 4) is 0 Å². The lowest BCUT2D eigenvalue weighted by atomic mass is 10.1. The van der Waals surface area contributed by atoms with Gasteiger partial charge in [-0.1, -0.05) is 30.3 Å². The fourth-order valence-corrected chi connectivity index (χ4v) is 3.61. The van der Waals surface area contributed by atoms with Crippen molar-refractivity contribution in [2.45, 2.75) is 46.2 Å². The Hall–Kier alpha value is -2.18. The molecule has 0 saturated carbocycles. The van der Waals surface area contributed by atoms with Gasteiger partial charge in [0, 0.05) is 28.4 Å². The van der Waals surface area contributed by atoms with Crippen LogP contribution in [0.3, 0.4) is 0 Å². The number of nitrogens with zero attached hydrogens (tertiary/aromatic N) is 1. The van der Waals surface area contributed by atoms with Crippen molar-refractivity contribution in [1.82, 2.24) is 15.5 Å². The molecule has 1 aromatic heterocycles. The van der Waals surface area contributed by atoms with E-state index in [1.165, 1.54) is 15.3 Å². The van der Waals surface area contributed by atoms with E-state index in [4.69, 9.17) is 0 Å². The van der Waals surface area contributed by atoms with Crippen LogP contribution in [0.25, 0.3) is 0 Å². The number of aryl methyl sites for hydroxylation is 1. The van der Waals surface area contributed by atoms with Crippen LogP contribution in [-0.4, -0.2) is 35.5 Å². The summed E-state index contributed by atoms with van der Waals surface area (Å²) in [6.45, 7) is 9.33. The lowest BCUT2D eigenvalue weighted by Crippen LogP contribution is -2.50. The van der Waals surface area contributed by atoms with Crippen molar-refractivity contribution in [3.05, 3.63) is 57.8 Å². The first-order chi connectivity index (χ1) is 12.7. The topological polar surface area (TPSA) is 61.4 Å². The molecule has 0 aliphatic carbocycles. The molecule has 3 amide bonds. The van der Waals surface area contributed by atoms with Gasteiger partial charge in [-0.2, -0.15) is 0 Å². The molecular weight excluding hydrogens is 358 g/mol. The normalized spacial score (nSPS) is 11.4. The van der Waals surface area contributed by atoms with Crippen molar-refractivity contribution in [2.24, 2.45) is 0 Å². The zero-order chi connectivity index (χ0) is 19.9. The molecule has 6 heteroatoms. The minimum atomic E-state index is -0.456. The Morgan fingerprint density at radius 3 is 2.37 bits per heavy atom. The highest BCUT2D eigenvalue weighted by Gasteiger charge is 2.18. The van der Waals surface area contributed by atoms with Crippen LogP contribution in [0.15, 0.2) is 42.5 Å². The van der Waals surface area contributed by atoms with Crippen LogP contribution in [0.5, 0.6) is 0 Å². The van der Waals surface area contributed by atoms with E-state index in [1.807, 2.05) is 39.0 Å². The Labute approximate surface area is 165 Å². The van der Waals surface area contributed by atoms with Crippen LogP contribution >= 0.6 is 11.3 Å². The highest BCUT2D eigenvalue weighted by molar-refractivity contribution is 7.11. The Morgan fingerprint density at radius 1 is 1.07 bits per heavy atom. The number of imide groups is 1. The van der Waals surface area contributed by atoms with E-state index < -0.39 is 6.03 Å². The summed E-state index contributed by atoms with van der Waals surface area (Å²) in [5, 5.41) is 5.18. The Kier molecular flexibility index (Phi) is 7.56. The van der Waals surface area contributed by atoms with E-state index in [0.29, 0.717) is 6.54 Å². The molecule has 0 atom stereocenters. The third-order valence-electron chi connectivity index (χ3n) is 3.84. The van der Waals surface area contributed by atoms with Gasteiger partial charge < -0.3 is 5.32 Å². The summed E-state index contributed by atoms with van der Waals surface area (Å²) in [6.07, 6.45) is 0.854. The molecule has 1 heterocycles. The summed E-state index contributed by atoms with van der Waals surface area (Å²) >= 11 is 1.73. The van der Waals surface area contributed by atoms with Crippen LogP contribution in [0.1, 0.15) is 36.1 Å². The maximum absolute atomic E-state index is 12.3. The zero-order valence-corrected chi connectivity index (χ0v) is 17.4. The Morgan fingerprint density at radius 2 is 1.78 bits per heavy atom. The first kappa shape index (κ1) is 21.1. The first-order valence-electron chi connectivity index (χ1n) is 9.15. The van der Waals surface area contributed by atoms with Crippen LogP contribution in [0.4, 0.5) is 4.79 Å². The molecule has 27 heavy (non-hydrogen) atoms. The predicted octanol–water partition coefficient (Wildman–Crippen LogP) is 3.73. The molecule has 0 bridgehead atoms. The zero-order valence-electron chi connectivity index (χ0n) is 16.5. The number of nitrogens with one attached hydrogen (secondary N) is 2. The quantitative estimate of drug-likeness (QED) is 0.761. The largest absolute Gasteiger partial charge is 0.333 e. The van der Waals surface area contributed by atoms with Crippen LogP contribution in [-0.2, 0) is 17.8 Å². The monoisotopic (exact) mass is 387 g/mol. The molecular formula is C21H29N3O2S. The molecule has 0 aliphatic rings. The number of hydrogen-bond donors (Lipinski definition) is 2. The second-order valence-electron chi connectivity index (χ2n) is 7.71. The molecule has 2 aromatic rings. The molecule has 0 spiro atoms. The molecule has 0 saturated heterocycles. The maximum Gasteiger partial charge on any atom is 0.321 e. The second-order valence-corrected chi connectivity index (χ2v) is 9.08. The van der Waals surface area contributed by atoms with Crippen molar-refractivity contribution >= 4 is 23.3 Å². The number of hydrogen-bond acceptors (Lipinski definition) is 4. The number of carbonyl (C=O) groups is 2. The van der Waals surface area contributed by atoms with E-state index in [9.17, 15) is 9.59 Å². The van der Waals surface area contributed by atoms with Gasteiger partial charge in [0.05, 0.1) is 6.54 Å². The highest BCUT2D eigenvalue weighted by Crippen LogP contribution is 2.17.